The van der Waals surface area contributed by atoms with Crippen LogP contribution in [0.25, 0.3) is 6.08 Å². The third-order valence-electron chi connectivity index (χ3n) is 5.03. The topological polar surface area (TPSA) is 84.9 Å². The van der Waals surface area contributed by atoms with Crippen LogP contribution in [0, 0.1) is 20.8 Å². The summed E-state index contributed by atoms with van der Waals surface area (Å²) >= 11 is 7.13. The average Bonchev–Trinajstić information content (AvgIpc) is 3.00. The number of thioether (sulfide) groups is 1. The second-order valence-corrected chi connectivity index (χ2v) is 9.19. The third kappa shape index (κ3) is 5.74. The van der Waals surface area contributed by atoms with Gasteiger partial charge in [0.25, 0.3) is 11.1 Å². The van der Waals surface area contributed by atoms with E-state index >= 15 is 0 Å². The van der Waals surface area contributed by atoms with Crippen molar-refractivity contribution in [3.63, 3.8) is 0 Å². The van der Waals surface area contributed by atoms with Crippen LogP contribution >= 0.6 is 23.4 Å². The molecule has 0 saturated carbocycles. The number of halogens is 1. The first-order valence-corrected chi connectivity index (χ1v) is 12.1. The predicted molar refractivity (Wildman–Crippen MR) is 136 cm³/mol. The van der Waals surface area contributed by atoms with E-state index in [9.17, 15) is 14.4 Å². The van der Waals surface area contributed by atoms with Gasteiger partial charge in [-0.25, -0.2) is 0 Å². The second-order valence-electron chi connectivity index (χ2n) is 7.79. The fourth-order valence-electron chi connectivity index (χ4n) is 3.71. The SMILES string of the molecule is CCOc1cc(/C=C2/SC(=O)N(CC(=O)Nc3c(C)cc(C)cc3C)C2=O)cc(Cl)c1OCC. The monoisotopic (exact) mass is 502 g/mol. The van der Waals surface area contributed by atoms with E-state index < -0.39 is 17.1 Å². The van der Waals surface area contributed by atoms with Crippen molar-refractivity contribution >= 4 is 52.2 Å². The van der Waals surface area contributed by atoms with E-state index in [1.807, 2.05) is 46.8 Å². The van der Waals surface area contributed by atoms with Crippen molar-refractivity contribution < 1.29 is 23.9 Å². The molecule has 2 aromatic carbocycles. The minimum absolute atomic E-state index is 0.197. The number of amides is 3. The molecule has 1 heterocycles. The maximum absolute atomic E-state index is 12.9. The van der Waals surface area contributed by atoms with E-state index in [4.69, 9.17) is 21.1 Å². The van der Waals surface area contributed by atoms with Gasteiger partial charge in [-0.05, 0) is 81.3 Å². The van der Waals surface area contributed by atoms with Gasteiger partial charge in [0, 0.05) is 5.69 Å². The molecule has 2 aromatic rings. The Bertz CT molecular complexity index is 1160. The van der Waals surface area contributed by atoms with Crippen molar-refractivity contribution in [2.75, 3.05) is 25.1 Å². The molecule has 34 heavy (non-hydrogen) atoms. The highest BCUT2D eigenvalue weighted by molar-refractivity contribution is 8.18. The summed E-state index contributed by atoms with van der Waals surface area (Å²) < 4.78 is 11.2. The first-order chi connectivity index (χ1) is 16.1. The first kappa shape index (κ1) is 25.6. The lowest BCUT2D eigenvalue weighted by atomic mass is 10.1. The lowest BCUT2D eigenvalue weighted by Crippen LogP contribution is -2.36. The van der Waals surface area contributed by atoms with Crippen LogP contribution in [0.5, 0.6) is 11.5 Å². The number of carbonyl (C=O) groups is 3. The number of benzene rings is 2. The summed E-state index contributed by atoms with van der Waals surface area (Å²) in [5.74, 6) is -0.105. The summed E-state index contributed by atoms with van der Waals surface area (Å²) in [4.78, 5) is 39.2. The van der Waals surface area contributed by atoms with E-state index in [0.717, 1.165) is 33.4 Å². The van der Waals surface area contributed by atoms with Crippen molar-refractivity contribution in [2.45, 2.75) is 34.6 Å². The molecule has 0 bridgehead atoms. The highest BCUT2D eigenvalue weighted by atomic mass is 35.5. The average molecular weight is 503 g/mol. The zero-order valence-electron chi connectivity index (χ0n) is 19.8. The highest BCUT2D eigenvalue weighted by Crippen LogP contribution is 2.39. The van der Waals surface area contributed by atoms with Crippen LogP contribution in [-0.2, 0) is 9.59 Å². The van der Waals surface area contributed by atoms with E-state index in [-0.39, 0.29) is 11.4 Å². The Morgan fingerprint density at radius 1 is 1.06 bits per heavy atom. The summed E-state index contributed by atoms with van der Waals surface area (Å²) in [7, 11) is 0. The Kier molecular flexibility index (Phi) is 8.28. The van der Waals surface area contributed by atoms with Gasteiger partial charge in [-0.1, -0.05) is 29.3 Å². The largest absolute Gasteiger partial charge is 0.490 e. The van der Waals surface area contributed by atoms with E-state index in [1.165, 1.54) is 0 Å². The summed E-state index contributed by atoms with van der Waals surface area (Å²) in [6.07, 6.45) is 1.56. The molecule has 180 valence electrons. The molecular formula is C25H27ClN2O5S. The van der Waals surface area contributed by atoms with Crippen LogP contribution < -0.4 is 14.8 Å². The lowest BCUT2D eigenvalue weighted by Gasteiger charge is -2.16. The number of nitrogens with zero attached hydrogens (tertiary/aromatic N) is 1. The Balaban J connectivity index is 1.79. The molecule has 1 N–H and O–H groups in total. The lowest BCUT2D eigenvalue weighted by molar-refractivity contribution is -0.127. The van der Waals surface area contributed by atoms with Crippen molar-refractivity contribution in [3.05, 3.63) is 56.4 Å². The van der Waals surface area contributed by atoms with Crippen LogP contribution in [0.2, 0.25) is 5.02 Å². The van der Waals surface area contributed by atoms with E-state index in [2.05, 4.69) is 5.32 Å². The molecule has 3 amide bonds. The van der Waals surface area contributed by atoms with Gasteiger partial charge in [0.15, 0.2) is 11.5 Å². The first-order valence-electron chi connectivity index (χ1n) is 10.9. The summed E-state index contributed by atoms with van der Waals surface area (Å²) in [5.41, 5.74) is 4.18. The molecular weight excluding hydrogens is 476 g/mol. The molecule has 3 rings (SSSR count). The minimum atomic E-state index is -0.537. The van der Waals surface area contributed by atoms with Gasteiger partial charge in [0.05, 0.1) is 23.1 Å². The molecule has 1 saturated heterocycles. The second kappa shape index (κ2) is 11.0. The molecule has 1 fully saturated rings. The zero-order chi connectivity index (χ0) is 25.0. The number of imide groups is 1. The van der Waals surface area contributed by atoms with E-state index in [0.29, 0.717) is 41.0 Å². The number of carbonyl (C=O) groups excluding carboxylic acids is 3. The zero-order valence-corrected chi connectivity index (χ0v) is 21.4. The fourth-order valence-corrected chi connectivity index (χ4v) is 4.82. The van der Waals surface area contributed by atoms with Crippen LogP contribution in [0.3, 0.4) is 0 Å². The van der Waals surface area contributed by atoms with Crippen molar-refractivity contribution in [2.24, 2.45) is 0 Å². The van der Waals surface area contributed by atoms with Crippen LogP contribution in [0.4, 0.5) is 10.5 Å². The van der Waals surface area contributed by atoms with Gasteiger partial charge in [-0.2, -0.15) is 0 Å². The van der Waals surface area contributed by atoms with Crippen molar-refractivity contribution in [3.8, 4) is 11.5 Å². The Labute approximate surface area is 208 Å². The smallest absolute Gasteiger partial charge is 0.294 e. The number of hydrogen-bond acceptors (Lipinski definition) is 6. The number of hydrogen-bond donors (Lipinski definition) is 1. The molecule has 0 radical (unpaired) electrons. The molecule has 1 aliphatic heterocycles. The molecule has 0 aromatic heterocycles. The molecule has 0 atom stereocenters. The number of ether oxygens (including phenoxy) is 2. The van der Waals surface area contributed by atoms with Gasteiger partial charge < -0.3 is 14.8 Å². The number of nitrogens with one attached hydrogen (secondary N) is 1. The van der Waals surface area contributed by atoms with Crippen LogP contribution in [0.15, 0.2) is 29.2 Å². The normalized spacial score (nSPS) is 14.6. The summed E-state index contributed by atoms with van der Waals surface area (Å²) in [6.45, 7) is 9.91. The maximum Gasteiger partial charge on any atom is 0.294 e. The van der Waals surface area contributed by atoms with E-state index in [1.54, 1.807) is 18.2 Å². The highest BCUT2D eigenvalue weighted by Gasteiger charge is 2.36. The van der Waals surface area contributed by atoms with Gasteiger partial charge >= 0.3 is 0 Å². The third-order valence-corrected chi connectivity index (χ3v) is 6.22. The molecule has 9 heteroatoms. The molecule has 0 unspecified atom stereocenters. The molecule has 0 aliphatic carbocycles. The molecule has 0 spiro atoms. The fraction of sp³-hybridized carbons (Fsp3) is 0.320. The maximum atomic E-state index is 12.9. The molecule has 1 aliphatic rings. The quantitative estimate of drug-likeness (QED) is 0.463. The van der Waals surface area contributed by atoms with Crippen LogP contribution in [0.1, 0.15) is 36.1 Å². The number of aryl methyl sites for hydroxylation is 3. The van der Waals surface area contributed by atoms with Crippen molar-refractivity contribution in [1.29, 1.82) is 0 Å². The Hall–Kier alpha value is -2.97. The van der Waals surface area contributed by atoms with Crippen LogP contribution in [-0.4, -0.2) is 41.7 Å². The van der Waals surface area contributed by atoms with Gasteiger partial charge in [-0.3, -0.25) is 19.3 Å². The number of anilines is 1. The predicted octanol–water partition coefficient (Wildman–Crippen LogP) is 5.74. The minimum Gasteiger partial charge on any atom is -0.490 e. The standard InChI is InChI=1S/C25H27ClN2O5S/c1-6-32-19-11-17(10-18(26)23(19)33-7-2)12-20-24(30)28(25(31)34-20)13-21(29)27-22-15(4)8-14(3)9-16(22)5/h8-12H,6-7,13H2,1-5H3,(H,27,29)/b20-12+. The number of rotatable bonds is 8. The summed E-state index contributed by atoms with van der Waals surface area (Å²) in [6, 6.07) is 7.26. The van der Waals surface area contributed by atoms with Gasteiger partial charge in [0.2, 0.25) is 5.91 Å². The Morgan fingerprint density at radius 3 is 2.32 bits per heavy atom. The van der Waals surface area contributed by atoms with Crippen molar-refractivity contribution in [1.82, 2.24) is 4.90 Å². The summed E-state index contributed by atoms with van der Waals surface area (Å²) in [5, 5.41) is 2.65. The Morgan fingerprint density at radius 2 is 1.71 bits per heavy atom. The van der Waals surface area contributed by atoms with Gasteiger partial charge in [-0.15, -0.1) is 0 Å². The van der Waals surface area contributed by atoms with Gasteiger partial charge in [0.1, 0.15) is 6.54 Å². The molecule has 7 nitrogen and oxygen atoms in total.